The molecule has 0 radical (unpaired) electrons. The van der Waals surface area contributed by atoms with Crippen LogP contribution in [0.15, 0.2) is 41.3 Å². The van der Waals surface area contributed by atoms with E-state index in [-0.39, 0.29) is 5.78 Å². The van der Waals surface area contributed by atoms with Gasteiger partial charge in [0.15, 0.2) is 5.78 Å². The number of hydrogen-bond acceptors (Lipinski definition) is 4. The largest absolute Gasteiger partial charge is 0.466 e. The van der Waals surface area contributed by atoms with Gasteiger partial charge in [-0.25, -0.2) is 4.79 Å². The number of allylic oxidation sites excluding steroid dienone is 1. The van der Waals surface area contributed by atoms with Gasteiger partial charge in [-0.2, -0.15) is 0 Å². The van der Waals surface area contributed by atoms with Crippen LogP contribution in [0.2, 0.25) is 0 Å². The minimum absolute atomic E-state index is 0.205. The van der Waals surface area contributed by atoms with E-state index in [4.69, 9.17) is 0 Å². The van der Waals surface area contributed by atoms with E-state index in [0.717, 1.165) is 16.7 Å². The zero-order valence-electron chi connectivity index (χ0n) is 9.80. The zero-order chi connectivity index (χ0) is 12.7. The molecule has 0 saturated heterocycles. The molecule has 1 rings (SSSR count). The van der Waals surface area contributed by atoms with Gasteiger partial charge >= 0.3 is 5.97 Å². The molecule has 0 aromatic heterocycles. The van der Waals surface area contributed by atoms with E-state index in [0.29, 0.717) is 5.56 Å². The Labute approximate surface area is 105 Å². The van der Waals surface area contributed by atoms with Crippen LogP contribution in [0.3, 0.4) is 0 Å². The molecule has 1 aromatic carbocycles. The first-order valence-electron chi connectivity index (χ1n) is 5.20. The van der Waals surface area contributed by atoms with Crippen molar-refractivity contribution in [2.75, 3.05) is 12.9 Å². The van der Waals surface area contributed by atoms with Crippen molar-refractivity contribution in [2.24, 2.45) is 0 Å². The molecule has 0 heterocycles. The topological polar surface area (TPSA) is 43.4 Å². The van der Waals surface area contributed by atoms with Crippen LogP contribution in [0.5, 0.6) is 0 Å². The Morgan fingerprint density at radius 3 is 2.41 bits per heavy atom. The summed E-state index contributed by atoms with van der Waals surface area (Å²) in [6, 6.07) is 7.30. The summed E-state index contributed by atoms with van der Waals surface area (Å²) in [5.41, 5.74) is 0.561. The van der Waals surface area contributed by atoms with Crippen molar-refractivity contribution in [3.05, 3.63) is 42.0 Å². The lowest BCUT2D eigenvalue weighted by atomic mass is 10.1. The summed E-state index contributed by atoms with van der Waals surface area (Å²) in [5.74, 6) is 0.259. The van der Waals surface area contributed by atoms with Gasteiger partial charge in [0.1, 0.15) is 0 Å². The van der Waals surface area contributed by atoms with E-state index in [1.807, 2.05) is 12.1 Å². The second-order valence-corrected chi connectivity index (χ2v) is 4.52. The first-order valence-corrected chi connectivity index (χ1v) is 6.19. The van der Waals surface area contributed by atoms with E-state index >= 15 is 0 Å². The molecule has 0 aliphatic rings. The fraction of sp³-hybridized carbons (Fsp3) is 0.231. The summed E-state index contributed by atoms with van der Waals surface area (Å²) in [4.78, 5) is 23.6. The number of thioether (sulfide) groups is 1. The molecule has 90 valence electrons. The number of ether oxygens (including phenoxy) is 1. The van der Waals surface area contributed by atoms with Gasteiger partial charge in [-0.15, -0.1) is 11.8 Å². The van der Waals surface area contributed by atoms with Crippen LogP contribution in [0.1, 0.15) is 17.3 Å². The predicted octanol–water partition coefficient (Wildman–Crippen LogP) is 2.71. The van der Waals surface area contributed by atoms with Crippen molar-refractivity contribution < 1.29 is 14.3 Å². The maximum atomic E-state index is 11.6. The Bertz CT molecular complexity index is 421. The van der Waals surface area contributed by atoms with Gasteiger partial charge < -0.3 is 4.74 Å². The third-order valence-corrected chi connectivity index (χ3v) is 2.92. The smallest absolute Gasteiger partial charge is 0.330 e. The number of ketones is 1. The summed E-state index contributed by atoms with van der Waals surface area (Å²) < 4.78 is 4.41. The number of methoxy groups -OCH3 is 1. The Morgan fingerprint density at radius 1 is 1.24 bits per heavy atom. The Hall–Kier alpha value is -1.55. The maximum Gasteiger partial charge on any atom is 0.330 e. The third-order valence-electron chi connectivity index (χ3n) is 2.02. The van der Waals surface area contributed by atoms with Crippen molar-refractivity contribution in [2.45, 2.75) is 11.8 Å². The molecule has 0 N–H and O–H groups in total. The van der Waals surface area contributed by atoms with Crippen LogP contribution in [-0.4, -0.2) is 24.6 Å². The van der Waals surface area contributed by atoms with Gasteiger partial charge in [-0.1, -0.05) is 6.92 Å². The Balaban J connectivity index is 2.69. The van der Waals surface area contributed by atoms with Gasteiger partial charge in [0.25, 0.3) is 0 Å². The minimum atomic E-state index is -0.531. The first kappa shape index (κ1) is 13.5. The number of carbonyl (C=O) groups excluding carboxylic acids is 2. The van der Waals surface area contributed by atoms with Crippen LogP contribution in [0.25, 0.3) is 0 Å². The summed E-state index contributed by atoms with van der Waals surface area (Å²) in [7, 11) is 1.27. The lowest BCUT2D eigenvalue weighted by Crippen LogP contribution is -1.98. The van der Waals surface area contributed by atoms with Crippen molar-refractivity contribution in [1.29, 1.82) is 0 Å². The monoisotopic (exact) mass is 250 g/mol. The normalized spacial score (nSPS) is 10.5. The highest BCUT2D eigenvalue weighted by Gasteiger charge is 2.02. The zero-order valence-corrected chi connectivity index (χ0v) is 10.6. The second kappa shape index (κ2) is 6.91. The minimum Gasteiger partial charge on any atom is -0.466 e. The van der Waals surface area contributed by atoms with E-state index in [1.54, 1.807) is 23.9 Å². The van der Waals surface area contributed by atoms with E-state index in [1.165, 1.54) is 13.2 Å². The van der Waals surface area contributed by atoms with Crippen LogP contribution in [0, 0.1) is 0 Å². The average Bonchev–Trinajstić information content (AvgIpc) is 2.36. The molecule has 0 saturated carbocycles. The quantitative estimate of drug-likeness (QED) is 0.349. The highest BCUT2D eigenvalue weighted by Crippen LogP contribution is 2.17. The van der Waals surface area contributed by atoms with Gasteiger partial charge in [-0.05, 0) is 36.1 Å². The molecule has 0 unspecified atom stereocenters. The molecule has 0 spiro atoms. The fourth-order valence-electron chi connectivity index (χ4n) is 1.19. The molecule has 4 heteroatoms. The number of carbonyl (C=O) groups is 2. The van der Waals surface area contributed by atoms with Crippen LogP contribution >= 0.6 is 11.8 Å². The predicted molar refractivity (Wildman–Crippen MR) is 68.3 cm³/mol. The molecule has 0 atom stereocenters. The Morgan fingerprint density at radius 2 is 1.88 bits per heavy atom. The molecular weight excluding hydrogens is 236 g/mol. The molecule has 0 amide bonds. The molecular formula is C13H14O3S. The van der Waals surface area contributed by atoms with Crippen LogP contribution in [0.4, 0.5) is 0 Å². The van der Waals surface area contributed by atoms with Gasteiger partial charge in [0, 0.05) is 16.5 Å². The molecule has 0 fully saturated rings. The lowest BCUT2D eigenvalue weighted by Gasteiger charge is -1.99. The molecule has 0 aliphatic carbocycles. The summed E-state index contributed by atoms with van der Waals surface area (Å²) in [6.07, 6.45) is 2.34. The number of esters is 1. The number of rotatable bonds is 5. The SMILES string of the molecule is CCSc1ccc(C(=O)/C=C/C(=O)OC)cc1. The van der Waals surface area contributed by atoms with Gasteiger partial charge in [-0.3, -0.25) is 4.79 Å². The second-order valence-electron chi connectivity index (χ2n) is 3.18. The third kappa shape index (κ3) is 4.44. The van der Waals surface area contributed by atoms with E-state index in [9.17, 15) is 9.59 Å². The highest BCUT2D eigenvalue weighted by molar-refractivity contribution is 7.99. The standard InChI is InChI=1S/C13H14O3S/c1-3-17-11-6-4-10(5-7-11)12(14)8-9-13(15)16-2/h4-9H,3H2,1-2H3/b9-8+. The van der Waals surface area contributed by atoms with Crippen LogP contribution in [-0.2, 0) is 9.53 Å². The number of hydrogen-bond donors (Lipinski definition) is 0. The maximum absolute atomic E-state index is 11.6. The lowest BCUT2D eigenvalue weighted by molar-refractivity contribution is -0.134. The van der Waals surface area contributed by atoms with E-state index < -0.39 is 5.97 Å². The number of benzene rings is 1. The van der Waals surface area contributed by atoms with Crippen molar-refractivity contribution in [3.8, 4) is 0 Å². The van der Waals surface area contributed by atoms with Crippen molar-refractivity contribution in [3.63, 3.8) is 0 Å². The van der Waals surface area contributed by atoms with Gasteiger partial charge in [0.05, 0.1) is 7.11 Å². The summed E-state index contributed by atoms with van der Waals surface area (Å²) >= 11 is 1.71. The van der Waals surface area contributed by atoms with Gasteiger partial charge in [0.2, 0.25) is 0 Å². The van der Waals surface area contributed by atoms with Crippen LogP contribution < -0.4 is 0 Å². The molecule has 0 aliphatic heterocycles. The molecule has 1 aromatic rings. The fourth-order valence-corrected chi connectivity index (χ4v) is 1.85. The summed E-state index contributed by atoms with van der Waals surface area (Å²) in [6.45, 7) is 2.07. The molecule has 3 nitrogen and oxygen atoms in total. The Kier molecular flexibility index (Phi) is 5.49. The first-order chi connectivity index (χ1) is 8.17. The van der Waals surface area contributed by atoms with Crippen molar-refractivity contribution in [1.82, 2.24) is 0 Å². The average molecular weight is 250 g/mol. The van der Waals surface area contributed by atoms with Crippen molar-refractivity contribution >= 4 is 23.5 Å². The van der Waals surface area contributed by atoms with E-state index in [2.05, 4.69) is 11.7 Å². The summed E-state index contributed by atoms with van der Waals surface area (Å²) in [5, 5.41) is 0. The highest BCUT2D eigenvalue weighted by atomic mass is 32.2. The molecule has 0 bridgehead atoms. The molecule has 17 heavy (non-hydrogen) atoms.